The number of hydrogen-bond acceptors (Lipinski definition) is 3. The number of rotatable bonds is 4. The molecule has 0 bridgehead atoms. The van der Waals surface area contributed by atoms with E-state index in [0.717, 1.165) is 32.4 Å². The largest absolute Gasteiger partial charge is 0.316 e. The van der Waals surface area contributed by atoms with Crippen LogP contribution in [0.2, 0.25) is 0 Å². The van der Waals surface area contributed by atoms with Gasteiger partial charge in [0, 0.05) is 6.54 Å². The number of carbonyl (C=O) groups excluding carboxylic acids is 1. The lowest BCUT2D eigenvalue weighted by Crippen LogP contribution is -2.50. The highest BCUT2D eigenvalue weighted by Gasteiger charge is 2.37. The SMILES string of the molecule is CCONC(=O)C1(CC)CCCNC1. The monoisotopic (exact) mass is 200 g/mol. The van der Waals surface area contributed by atoms with E-state index in [1.54, 1.807) is 0 Å². The van der Waals surface area contributed by atoms with Crippen LogP contribution >= 0.6 is 0 Å². The van der Waals surface area contributed by atoms with Gasteiger partial charge in [0.25, 0.3) is 5.91 Å². The van der Waals surface area contributed by atoms with Crippen LogP contribution in [0.15, 0.2) is 0 Å². The third-order valence-electron chi connectivity index (χ3n) is 2.94. The van der Waals surface area contributed by atoms with Crippen molar-refractivity contribution in [1.29, 1.82) is 0 Å². The quantitative estimate of drug-likeness (QED) is 0.661. The van der Waals surface area contributed by atoms with Crippen molar-refractivity contribution in [3.63, 3.8) is 0 Å². The van der Waals surface area contributed by atoms with Crippen molar-refractivity contribution in [2.45, 2.75) is 33.1 Å². The molecule has 82 valence electrons. The molecule has 2 N–H and O–H groups in total. The molecule has 1 aliphatic rings. The van der Waals surface area contributed by atoms with Gasteiger partial charge in [-0.15, -0.1) is 0 Å². The van der Waals surface area contributed by atoms with Crippen LogP contribution < -0.4 is 10.8 Å². The molecule has 0 aromatic carbocycles. The minimum Gasteiger partial charge on any atom is -0.316 e. The zero-order chi connectivity index (χ0) is 10.4. The number of carbonyl (C=O) groups is 1. The Bertz CT molecular complexity index is 189. The summed E-state index contributed by atoms with van der Waals surface area (Å²) in [4.78, 5) is 16.8. The van der Waals surface area contributed by atoms with E-state index < -0.39 is 0 Å². The van der Waals surface area contributed by atoms with Crippen LogP contribution in [0.4, 0.5) is 0 Å². The van der Waals surface area contributed by atoms with Crippen molar-refractivity contribution in [2.75, 3.05) is 19.7 Å². The topological polar surface area (TPSA) is 50.4 Å². The lowest BCUT2D eigenvalue weighted by atomic mass is 9.78. The summed E-state index contributed by atoms with van der Waals surface area (Å²) in [6.45, 7) is 6.21. The fourth-order valence-electron chi connectivity index (χ4n) is 1.87. The summed E-state index contributed by atoms with van der Waals surface area (Å²) in [5.41, 5.74) is 2.26. The highest BCUT2D eigenvalue weighted by molar-refractivity contribution is 5.82. The molecule has 1 unspecified atom stereocenters. The number of nitrogens with one attached hydrogen (secondary N) is 2. The first-order valence-electron chi connectivity index (χ1n) is 5.38. The number of hydroxylamine groups is 1. The van der Waals surface area contributed by atoms with E-state index in [-0.39, 0.29) is 11.3 Å². The predicted molar refractivity (Wildman–Crippen MR) is 54.6 cm³/mol. The fraction of sp³-hybridized carbons (Fsp3) is 0.900. The van der Waals surface area contributed by atoms with Crippen LogP contribution in [-0.4, -0.2) is 25.6 Å². The van der Waals surface area contributed by atoms with E-state index in [0.29, 0.717) is 6.61 Å². The second-order valence-corrected chi connectivity index (χ2v) is 3.78. The normalized spacial score (nSPS) is 27.3. The molecule has 1 fully saturated rings. The third-order valence-corrected chi connectivity index (χ3v) is 2.94. The lowest BCUT2D eigenvalue weighted by Gasteiger charge is -2.34. The lowest BCUT2D eigenvalue weighted by molar-refractivity contribution is -0.145. The Morgan fingerprint density at radius 2 is 2.36 bits per heavy atom. The van der Waals surface area contributed by atoms with E-state index >= 15 is 0 Å². The second kappa shape index (κ2) is 5.32. The van der Waals surface area contributed by atoms with E-state index in [2.05, 4.69) is 17.7 Å². The summed E-state index contributed by atoms with van der Waals surface area (Å²) in [6, 6.07) is 0. The number of amides is 1. The molecule has 0 aromatic rings. The van der Waals surface area contributed by atoms with Crippen LogP contribution in [0.3, 0.4) is 0 Å². The first-order valence-corrected chi connectivity index (χ1v) is 5.38. The summed E-state index contributed by atoms with van der Waals surface area (Å²) >= 11 is 0. The van der Waals surface area contributed by atoms with Gasteiger partial charge < -0.3 is 5.32 Å². The van der Waals surface area contributed by atoms with Gasteiger partial charge in [0.15, 0.2) is 0 Å². The Balaban J connectivity index is 2.53. The van der Waals surface area contributed by atoms with Gasteiger partial charge in [-0.25, -0.2) is 5.48 Å². The maximum atomic E-state index is 11.8. The molecule has 0 aromatic heterocycles. The second-order valence-electron chi connectivity index (χ2n) is 3.78. The fourth-order valence-corrected chi connectivity index (χ4v) is 1.87. The summed E-state index contributed by atoms with van der Waals surface area (Å²) in [5.74, 6) is 0.0223. The average molecular weight is 200 g/mol. The predicted octanol–water partition coefficient (Wildman–Crippen LogP) is 0.834. The molecule has 0 spiro atoms. The van der Waals surface area contributed by atoms with E-state index in [1.165, 1.54) is 0 Å². The standard InChI is InChI=1S/C10H20N2O2/c1-3-10(6-5-7-11-8-10)9(13)12-14-4-2/h11H,3-8H2,1-2H3,(H,12,13). The molecule has 1 atom stereocenters. The molecule has 1 heterocycles. The number of piperidine rings is 1. The maximum Gasteiger partial charge on any atom is 0.251 e. The first kappa shape index (κ1) is 11.5. The van der Waals surface area contributed by atoms with Crippen molar-refractivity contribution < 1.29 is 9.63 Å². The van der Waals surface area contributed by atoms with E-state index in [4.69, 9.17) is 4.84 Å². The Morgan fingerprint density at radius 1 is 1.57 bits per heavy atom. The van der Waals surface area contributed by atoms with Gasteiger partial charge in [-0.1, -0.05) is 6.92 Å². The van der Waals surface area contributed by atoms with Crippen molar-refractivity contribution in [1.82, 2.24) is 10.8 Å². The Labute approximate surface area is 85.3 Å². The van der Waals surface area contributed by atoms with E-state index in [1.807, 2.05) is 6.92 Å². The molecule has 1 amide bonds. The van der Waals surface area contributed by atoms with Crippen molar-refractivity contribution >= 4 is 5.91 Å². The highest BCUT2D eigenvalue weighted by Crippen LogP contribution is 2.30. The minimum absolute atomic E-state index is 0.0223. The van der Waals surface area contributed by atoms with Gasteiger partial charge in [-0.3, -0.25) is 9.63 Å². The summed E-state index contributed by atoms with van der Waals surface area (Å²) in [6.07, 6.45) is 2.88. The maximum absolute atomic E-state index is 11.8. The molecule has 0 saturated carbocycles. The average Bonchev–Trinajstić information content (AvgIpc) is 2.26. The molecular formula is C10H20N2O2. The molecule has 0 radical (unpaired) electrons. The molecule has 4 heteroatoms. The molecule has 1 aliphatic heterocycles. The van der Waals surface area contributed by atoms with Crippen LogP contribution in [0, 0.1) is 5.41 Å². The van der Waals surface area contributed by atoms with Gasteiger partial charge >= 0.3 is 0 Å². The van der Waals surface area contributed by atoms with Gasteiger partial charge in [0.2, 0.25) is 0 Å². The van der Waals surface area contributed by atoms with Crippen LogP contribution in [0.25, 0.3) is 0 Å². The minimum atomic E-state index is -0.257. The molecule has 1 saturated heterocycles. The smallest absolute Gasteiger partial charge is 0.251 e. The molecular weight excluding hydrogens is 180 g/mol. The van der Waals surface area contributed by atoms with Gasteiger partial charge in [-0.05, 0) is 32.7 Å². The Hall–Kier alpha value is -0.610. The zero-order valence-corrected chi connectivity index (χ0v) is 9.06. The Kier molecular flexibility index (Phi) is 4.35. The molecule has 4 nitrogen and oxygen atoms in total. The third kappa shape index (κ3) is 2.45. The van der Waals surface area contributed by atoms with Gasteiger partial charge in [0.05, 0.1) is 12.0 Å². The van der Waals surface area contributed by atoms with Crippen molar-refractivity contribution in [3.8, 4) is 0 Å². The first-order chi connectivity index (χ1) is 6.75. The summed E-state index contributed by atoms with van der Waals surface area (Å²) < 4.78 is 0. The summed E-state index contributed by atoms with van der Waals surface area (Å²) in [7, 11) is 0. The Morgan fingerprint density at radius 3 is 2.86 bits per heavy atom. The van der Waals surface area contributed by atoms with Gasteiger partial charge in [-0.2, -0.15) is 0 Å². The molecule has 1 rings (SSSR count). The van der Waals surface area contributed by atoms with E-state index in [9.17, 15) is 4.79 Å². The van der Waals surface area contributed by atoms with Crippen molar-refractivity contribution in [3.05, 3.63) is 0 Å². The van der Waals surface area contributed by atoms with Crippen molar-refractivity contribution in [2.24, 2.45) is 5.41 Å². The summed E-state index contributed by atoms with van der Waals surface area (Å²) in [5, 5.41) is 3.27. The zero-order valence-electron chi connectivity index (χ0n) is 9.06. The van der Waals surface area contributed by atoms with Crippen LogP contribution in [0.5, 0.6) is 0 Å². The highest BCUT2D eigenvalue weighted by atomic mass is 16.6. The molecule has 14 heavy (non-hydrogen) atoms. The number of hydrogen-bond donors (Lipinski definition) is 2. The van der Waals surface area contributed by atoms with Crippen LogP contribution in [-0.2, 0) is 9.63 Å². The van der Waals surface area contributed by atoms with Crippen LogP contribution in [0.1, 0.15) is 33.1 Å². The molecule has 0 aliphatic carbocycles. The van der Waals surface area contributed by atoms with Gasteiger partial charge in [0.1, 0.15) is 0 Å².